The summed E-state index contributed by atoms with van der Waals surface area (Å²) >= 11 is 0. The van der Waals surface area contributed by atoms with Crippen LogP contribution >= 0.6 is 0 Å². The molecule has 0 radical (unpaired) electrons. The van der Waals surface area contributed by atoms with Gasteiger partial charge in [0.15, 0.2) is 9.84 Å². The van der Waals surface area contributed by atoms with E-state index in [9.17, 15) is 17.6 Å². The first kappa shape index (κ1) is 15.4. The summed E-state index contributed by atoms with van der Waals surface area (Å²) in [5, 5.41) is 1.78. The molecule has 0 aromatic heterocycles. The Balaban J connectivity index is 2.76. The first-order valence-corrected chi connectivity index (χ1v) is 7.54. The second-order valence-corrected chi connectivity index (χ2v) is 6.72. The number of amides is 1. The number of sulfone groups is 1. The Morgan fingerprint density at radius 3 is 2.63 bits per heavy atom. The molecule has 0 aliphatic carbocycles. The van der Waals surface area contributed by atoms with Crippen molar-refractivity contribution in [2.75, 3.05) is 16.8 Å². The Morgan fingerprint density at radius 1 is 1.47 bits per heavy atom. The number of hydrogen-bond acceptors (Lipinski definition) is 4. The smallest absolute Gasteiger partial charge is 0.239 e. The lowest BCUT2D eigenvalue weighted by Crippen LogP contribution is -2.29. The molecule has 5 nitrogen and oxygen atoms in total. The van der Waals surface area contributed by atoms with E-state index in [0.29, 0.717) is 6.42 Å². The molecule has 0 saturated heterocycles. The number of halogens is 1. The fourth-order valence-corrected chi connectivity index (χ4v) is 2.64. The summed E-state index contributed by atoms with van der Waals surface area (Å²) in [5.74, 6) is -1.82. The molecule has 0 aliphatic heterocycles. The van der Waals surface area contributed by atoms with E-state index in [1.54, 1.807) is 13.8 Å². The third-order valence-electron chi connectivity index (χ3n) is 2.81. The molecular weight excluding hydrogens is 271 g/mol. The van der Waals surface area contributed by atoms with Crippen molar-refractivity contribution in [2.45, 2.75) is 25.5 Å². The summed E-state index contributed by atoms with van der Waals surface area (Å²) in [6, 6.07) is 3.48. The molecule has 0 fully saturated rings. The van der Waals surface area contributed by atoms with Gasteiger partial charge in [0.05, 0.1) is 16.6 Å². The SMILES string of the molecule is CCC(C)S(=O)(=O)CC(=O)Nc1ccc(F)cc1N. The molecule has 1 rings (SSSR count). The minimum absolute atomic E-state index is 0.0503. The molecule has 0 saturated carbocycles. The van der Waals surface area contributed by atoms with E-state index >= 15 is 0 Å². The van der Waals surface area contributed by atoms with Gasteiger partial charge in [-0.2, -0.15) is 0 Å². The van der Waals surface area contributed by atoms with E-state index in [0.717, 1.165) is 12.1 Å². The predicted molar refractivity (Wildman–Crippen MR) is 73.0 cm³/mol. The zero-order valence-corrected chi connectivity index (χ0v) is 11.6. The van der Waals surface area contributed by atoms with E-state index in [1.807, 2.05) is 0 Å². The van der Waals surface area contributed by atoms with Crippen molar-refractivity contribution in [3.8, 4) is 0 Å². The van der Waals surface area contributed by atoms with Gasteiger partial charge >= 0.3 is 0 Å². The number of nitrogens with two attached hydrogens (primary N) is 1. The van der Waals surface area contributed by atoms with Crippen LogP contribution in [0.25, 0.3) is 0 Å². The highest BCUT2D eigenvalue weighted by atomic mass is 32.2. The zero-order chi connectivity index (χ0) is 14.6. The van der Waals surface area contributed by atoms with Crippen molar-refractivity contribution >= 4 is 27.1 Å². The Bertz CT molecular complexity index is 572. The molecule has 0 heterocycles. The van der Waals surface area contributed by atoms with Gasteiger partial charge in [-0.25, -0.2) is 12.8 Å². The Morgan fingerprint density at radius 2 is 2.11 bits per heavy atom. The second kappa shape index (κ2) is 6.01. The van der Waals surface area contributed by atoms with Crippen LogP contribution in [-0.4, -0.2) is 25.3 Å². The number of rotatable bonds is 5. The normalized spacial score (nSPS) is 13.0. The number of anilines is 2. The maximum Gasteiger partial charge on any atom is 0.239 e. The highest BCUT2D eigenvalue weighted by molar-refractivity contribution is 7.92. The fraction of sp³-hybridized carbons (Fsp3) is 0.417. The van der Waals surface area contributed by atoms with E-state index < -0.39 is 32.6 Å². The molecule has 1 aromatic carbocycles. The van der Waals surface area contributed by atoms with E-state index in [-0.39, 0.29) is 11.4 Å². The summed E-state index contributed by atoms with van der Waals surface area (Å²) in [7, 11) is -3.48. The number of benzene rings is 1. The molecule has 1 aromatic rings. The largest absolute Gasteiger partial charge is 0.397 e. The highest BCUT2D eigenvalue weighted by Gasteiger charge is 2.23. The first-order valence-electron chi connectivity index (χ1n) is 5.82. The van der Waals surface area contributed by atoms with Gasteiger partial charge in [-0.1, -0.05) is 6.92 Å². The van der Waals surface area contributed by atoms with E-state index in [2.05, 4.69) is 5.32 Å². The van der Waals surface area contributed by atoms with Crippen LogP contribution in [0.15, 0.2) is 18.2 Å². The lowest BCUT2D eigenvalue weighted by Gasteiger charge is -2.11. The molecule has 19 heavy (non-hydrogen) atoms. The fourth-order valence-electron chi connectivity index (χ4n) is 1.41. The number of carbonyl (C=O) groups excluding carboxylic acids is 1. The van der Waals surface area contributed by atoms with Gasteiger partial charge in [0, 0.05) is 0 Å². The third kappa shape index (κ3) is 4.20. The van der Waals surface area contributed by atoms with Crippen LogP contribution in [0, 0.1) is 5.82 Å². The van der Waals surface area contributed by atoms with Crippen LogP contribution in [-0.2, 0) is 14.6 Å². The Kier molecular flexibility index (Phi) is 4.88. The minimum atomic E-state index is -3.48. The summed E-state index contributed by atoms with van der Waals surface area (Å²) in [6.07, 6.45) is 0.439. The summed E-state index contributed by atoms with van der Waals surface area (Å²) in [5.41, 5.74) is 5.77. The monoisotopic (exact) mass is 288 g/mol. The van der Waals surface area contributed by atoms with Gasteiger partial charge < -0.3 is 11.1 Å². The number of nitrogens with one attached hydrogen (secondary N) is 1. The van der Waals surface area contributed by atoms with Gasteiger partial charge in [-0.05, 0) is 31.5 Å². The average Bonchev–Trinajstić information content (AvgIpc) is 2.31. The number of carbonyl (C=O) groups is 1. The second-order valence-electron chi connectivity index (χ2n) is 4.31. The van der Waals surface area contributed by atoms with Crippen molar-refractivity contribution in [3.63, 3.8) is 0 Å². The molecule has 0 spiro atoms. The van der Waals surface area contributed by atoms with Crippen LogP contribution in [0.1, 0.15) is 20.3 Å². The van der Waals surface area contributed by atoms with Crippen molar-refractivity contribution in [1.29, 1.82) is 0 Å². The van der Waals surface area contributed by atoms with Crippen LogP contribution < -0.4 is 11.1 Å². The lowest BCUT2D eigenvalue weighted by molar-refractivity contribution is -0.113. The van der Waals surface area contributed by atoms with Crippen molar-refractivity contribution in [3.05, 3.63) is 24.0 Å². The molecule has 7 heteroatoms. The third-order valence-corrected chi connectivity index (χ3v) is 5.03. The summed E-state index contributed by atoms with van der Waals surface area (Å²) in [4.78, 5) is 11.6. The lowest BCUT2D eigenvalue weighted by atomic mass is 10.2. The van der Waals surface area contributed by atoms with Crippen LogP contribution in [0.2, 0.25) is 0 Å². The first-order chi connectivity index (χ1) is 8.76. The molecule has 106 valence electrons. The summed E-state index contributed by atoms with van der Waals surface area (Å²) in [6.45, 7) is 3.28. The maximum atomic E-state index is 12.8. The van der Waals surface area contributed by atoms with Crippen molar-refractivity contribution in [2.24, 2.45) is 0 Å². The molecule has 1 atom stereocenters. The standard InChI is InChI=1S/C12H17FN2O3S/c1-3-8(2)19(17,18)7-12(16)15-11-5-4-9(13)6-10(11)14/h4-6,8H,3,7,14H2,1-2H3,(H,15,16). The molecule has 3 N–H and O–H groups in total. The van der Waals surface area contributed by atoms with Crippen molar-refractivity contribution < 1.29 is 17.6 Å². The molecule has 0 aliphatic rings. The Hall–Kier alpha value is -1.63. The van der Waals surface area contributed by atoms with Crippen LogP contribution in [0.5, 0.6) is 0 Å². The number of hydrogen-bond donors (Lipinski definition) is 2. The van der Waals surface area contributed by atoms with Crippen molar-refractivity contribution in [1.82, 2.24) is 0 Å². The topological polar surface area (TPSA) is 89.3 Å². The van der Waals surface area contributed by atoms with Gasteiger partial charge in [0.25, 0.3) is 0 Å². The quantitative estimate of drug-likeness (QED) is 0.805. The molecule has 1 unspecified atom stereocenters. The summed E-state index contributed by atoms with van der Waals surface area (Å²) < 4.78 is 36.3. The molecule has 0 bridgehead atoms. The van der Waals surface area contributed by atoms with Gasteiger partial charge in [-0.15, -0.1) is 0 Å². The Labute approximate surface area is 111 Å². The van der Waals surface area contributed by atoms with Crippen LogP contribution in [0.4, 0.5) is 15.8 Å². The number of nitrogen functional groups attached to an aromatic ring is 1. The van der Waals surface area contributed by atoms with Gasteiger partial charge in [0.2, 0.25) is 5.91 Å². The maximum absolute atomic E-state index is 12.8. The highest BCUT2D eigenvalue weighted by Crippen LogP contribution is 2.19. The average molecular weight is 288 g/mol. The van der Waals surface area contributed by atoms with E-state index in [1.165, 1.54) is 6.07 Å². The molecule has 1 amide bonds. The molecular formula is C12H17FN2O3S. The van der Waals surface area contributed by atoms with Crippen LogP contribution in [0.3, 0.4) is 0 Å². The van der Waals surface area contributed by atoms with Gasteiger partial charge in [-0.3, -0.25) is 4.79 Å². The minimum Gasteiger partial charge on any atom is -0.397 e. The van der Waals surface area contributed by atoms with E-state index in [4.69, 9.17) is 5.73 Å². The zero-order valence-electron chi connectivity index (χ0n) is 10.8. The van der Waals surface area contributed by atoms with Gasteiger partial charge in [0.1, 0.15) is 11.6 Å². The predicted octanol–water partition coefficient (Wildman–Crippen LogP) is 1.56.